The zero-order valence-corrected chi connectivity index (χ0v) is 14.1. The fourth-order valence-electron chi connectivity index (χ4n) is 2.84. The lowest BCUT2D eigenvalue weighted by molar-refractivity contribution is -0.116. The molecule has 23 heavy (non-hydrogen) atoms. The Morgan fingerprint density at radius 2 is 2.09 bits per heavy atom. The largest absolute Gasteiger partial charge is 0.342 e. The third-order valence-corrected chi connectivity index (χ3v) is 4.29. The molecule has 2 aromatic rings. The summed E-state index contributed by atoms with van der Waals surface area (Å²) in [5, 5.41) is 4.00. The molecule has 0 saturated heterocycles. The van der Waals surface area contributed by atoms with E-state index in [9.17, 15) is 4.79 Å². The Morgan fingerprint density at radius 1 is 1.30 bits per heavy atom. The summed E-state index contributed by atoms with van der Waals surface area (Å²) in [7, 11) is 0. The molecule has 0 amide bonds. The number of benzene rings is 2. The van der Waals surface area contributed by atoms with Crippen molar-refractivity contribution in [3.05, 3.63) is 58.1 Å². The maximum absolute atomic E-state index is 11.2. The van der Waals surface area contributed by atoms with Crippen LogP contribution in [0.2, 0.25) is 5.02 Å². The molecule has 0 radical (unpaired) electrons. The lowest BCUT2D eigenvalue weighted by Gasteiger charge is -2.07. The first-order valence-corrected chi connectivity index (χ1v) is 8.11. The molecule has 1 aliphatic rings. The van der Waals surface area contributed by atoms with E-state index in [1.54, 1.807) is 6.92 Å². The molecule has 0 aromatic heterocycles. The summed E-state index contributed by atoms with van der Waals surface area (Å²) in [6.07, 6.45) is 2.13. The van der Waals surface area contributed by atoms with E-state index in [0.717, 1.165) is 35.6 Å². The van der Waals surface area contributed by atoms with Crippen LogP contribution in [0.1, 0.15) is 30.0 Å². The number of carbonyl (C=O) groups excluding carboxylic acids is 1. The van der Waals surface area contributed by atoms with Gasteiger partial charge < -0.3 is 10.1 Å². The van der Waals surface area contributed by atoms with Gasteiger partial charge in [-0.05, 0) is 49.1 Å². The standard InChI is InChI=1S/C19H19ClN2O/c1-12-9-14(8-7-13(2)23)10-15-11-18(22-19(12)15)21-17-6-4-3-5-16(17)20/h3-6,9-10H,7-8,11H2,1-2H3,(H,21,22). The lowest BCUT2D eigenvalue weighted by Crippen LogP contribution is -2.11. The highest BCUT2D eigenvalue weighted by molar-refractivity contribution is 6.33. The molecule has 1 N–H and O–H groups in total. The Balaban J connectivity index is 1.79. The number of aliphatic imine (C=N–C) groups is 1. The molecule has 118 valence electrons. The van der Waals surface area contributed by atoms with Crippen molar-refractivity contribution in [3.63, 3.8) is 0 Å². The van der Waals surface area contributed by atoms with Crippen LogP contribution in [0.3, 0.4) is 0 Å². The van der Waals surface area contributed by atoms with E-state index in [1.165, 1.54) is 11.1 Å². The Labute approximate surface area is 141 Å². The highest BCUT2D eigenvalue weighted by Crippen LogP contribution is 2.33. The van der Waals surface area contributed by atoms with Crippen LogP contribution in [0.4, 0.5) is 11.4 Å². The van der Waals surface area contributed by atoms with Gasteiger partial charge >= 0.3 is 0 Å². The van der Waals surface area contributed by atoms with Crippen molar-refractivity contribution in [1.82, 2.24) is 0 Å². The van der Waals surface area contributed by atoms with Gasteiger partial charge in [0.1, 0.15) is 11.6 Å². The molecule has 2 aromatic carbocycles. The summed E-state index contributed by atoms with van der Waals surface area (Å²) in [4.78, 5) is 15.9. The number of fused-ring (bicyclic) bond motifs is 1. The Bertz CT molecular complexity index is 796. The van der Waals surface area contributed by atoms with Gasteiger partial charge in [-0.2, -0.15) is 0 Å². The van der Waals surface area contributed by atoms with Crippen molar-refractivity contribution >= 4 is 34.6 Å². The molecule has 0 spiro atoms. The SMILES string of the molecule is CC(=O)CCc1cc(C)c2c(c1)CC(Nc1ccccc1Cl)=N2. The monoisotopic (exact) mass is 326 g/mol. The number of anilines is 1. The van der Waals surface area contributed by atoms with Crippen molar-refractivity contribution < 1.29 is 4.79 Å². The molecule has 1 aliphatic heterocycles. The van der Waals surface area contributed by atoms with E-state index in [2.05, 4.69) is 24.4 Å². The molecule has 0 saturated carbocycles. The van der Waals surface area contributed by atoms with Crippen molar-refractivity contribution in [1.29, 1.82) is 0 Å². The van der Waals surface area contributed by atoms with Gasteiger partial charge in [-0.15, -0.1) is 0 Å². The maximum Gasteiger partial charge on any atom is 0.130 e. The van der Waals surface area contributed by atoms with Crippen LogP contribution in [0, 0.1) is 6.92 Å². The summed E-state index contributed by atoms with van der Waals surface area (Å²) in [5.41, 5.74) is 5.46. The summed E-state index contributed by atoms with van der Waals surface area (Å²) < 4.78 is 0. The van der Waals surface area contributed by atoms with Gasteiger partial charge in [-0.25, -0.2) is 4.99 Å². The summed E-state index contributed by atoms with van der Waals surface area (Å²) in [5.74, 6) is 1.13. The minimum absolute atomic E-state index is 0.223. The summed E-state index contributed by atoms with van der Waals surface area (Å²) in [6, 6.07) is 11.9. The lowest BCUT2D eigenvalue weighted by atomic mass is 9.99. The van der Waals surface area contributed by atoms with E-state index in [0.29, 0.717) is 11.4 Å². The molecule has 3 nitrogen and oxygen atoms in total. The quantitative estimate of drug-likeness (QED) is 0.871. The predicted octanol–water partition coefficient (Wildman–Crippen LogP) is 4.87. The third kappa shape index (κ3) is 3.62. The van der Waals surface area contributed by atoms with E-state index in [-0.39, 0.29) is 5.78 Å². The molecule has 0 aliphatic carbocycles. The number of Topliss-reactive ketones (excluding diaryl/α,β-unsaturated/α-hetero) is 1. The van der Waals surface area contributed by atoms with Crippen LogP contribution in [0.5, 0.6) is 0 Å². The van der Waals surface area contributed by atoms with E-state index in [1.807, 2.05) is 24.3 Å². The number of amidine groups is 1. The second-order valence-corrected chi connectivity index (χ2v) is 6.37. The average molecular weight is 327 g/mol. The molecular weight excluding hydrogens is 308 g/mol. The van der Waals surface area contributed by atoms with Crippen molar-refractivity contribution in [3.8, 4) is 0 Å². The zero-order chi connectivity index (χ0) is 16.4. The fraction of sp³-hybridized carbons (Fsp3) is 0.263. The van der Waals surface area contributed by atoms with Crippen molar-refractivity contribution in [2.45, 2.75) is 33.1 Å². The number of ketones is 1. The first kappa shape index (κ1) is 15.8. The Kier molecular flexibility index (Phi) is 4.49. The molecular formula is C19H19ClN2O. The minimum atomic E-state index is 0.223. The number of nitrogens with zero attached hydrogens (tertiary/aromatic N) is 1. The van der Waals surface area contributed by atoms with Crippen LogP contribution in [-0.4, -0.2) is 11.6 Å². The summed E-state index contributed by atoms with van der Waals surface area (Å²) >= 11 is 6.19. The maximum atomic E-state index is 11.2. The summed E-state index contributed by atoms with van der Waals surface area (Å²) in [6.45, 7) is 3.70. The third-order valence-electron chi connectivity index (χ3n) is 3.96. The zero-order valence-electron chi connectivity index (χ0n) is 13.3. The highest BCUT2D eigenvalue weighted by Gasteiger charge is 2.18. The van der Waals surface area contributed by atoms with Gasteiger partial charge in [0.05, 0.1) is 16.4 Å². The van der Waals surface area contributed by atoms with Crippen molar-refractivity contribution in [2.75, 3.05) is 5.32 Å². The highest BCUT2D eigenvalue weighted by atomic mass is 35.5. The molecule has 3 rings (SSSR count). The van der Waals surface area contributed by atoms with Crippen LogP contribution >= 0.6 is 11.6 Å². The first-order valence-electron chi connectivity index (χ1n) is 7.74. The fourth-order valence-corrected chi connectivity index (χ4v) is 3.02. The van der Waals surface area contributed by atoms with Crippen LogP contribution in [0.15, 0.2) is 41.4 Å². The van der Waals surface area contributed by atoms with Gasteiger partial charge in [-0.3, -0.25) is 0 Å². The van der Waals surface area contributed by atoms with E-state index in [4.69, 9.17) is 16.6 Å². The number of halogens is 1. The van der Waals surface area contributed by atoms with Crippen LogP contribution < -0.4 is 5.32 Å². The van der Waals surface area contributed by atoms with Crippen LogP contribution in [-0.2, 0) is 17.6 Å². The van der Waals surface area contributed by atoms with E-state index >= 15 is 0 Å². The number of para-hydroxylation sites is 1. The van der Waals surface area contributed by atoms with Crippen molar-refractivity contribution in [2.24, 2.45) is 4.99 Å². The molecule has 0 atom stereocenters. The minimum Gasteiger partial charge on any atom is -0.342 e. The molecule has 1 heterocycles. The molecule has 0 bridgehead atoms. The Morgan fingerprint density at radius 3 is 2.83 bits per heavy atom. The molecule has 0 unspecified atom stereocenters. The first-order chi connectivity index (χ1) is 11.0. The molecule has 0 fully saturated rings. The number of rotatable bonds is 4. The molecule has 4 heteroatoms. The second-order valence-electron chi connectivity index (χ2n) is 5.96. The second kappa shape index (κ2) is 6.55. The van der Waals surface area contributed by atoms with Gasteiger partial charge in [0.2, 0.25) is 0 Å². The van der Waals surface area contributed by atoms with Crippen LogP contribution in [0.25, 0.3) is 0 Å². The number of hydrogen-bond donors (Lipinski definition) is 1. The number of carbonyl (C=O) groups is 1. The van der Waals surface area contributed by atoms with Gasteiger partial charge in [0.15, 0.2) is 0 Å². The van der Waals surface area contributed by atoms with Gasteiger partial charge in [0.25, 0.3) is 0 Å². The normalized spacial score (nSPS) is 12.7. The van der Waals surface area contributed by atoms with Gasteiger partial charge in [-0.1, -0.05) is 35.9 Å². The number of hydrogen-bond acceptors (Lipinski definition) is 3. The number of aryl methyl sites for hydroxylation is 2. The average Bonchev–Trinajstić information content (AvgIpc) is 2.91. The Hall–Kier alpha value is -2.13. The topological polar surface area (TPSA) is 41.5 Å². The smallest absolute Gasteiger partial charge is 0.130 e. The predicted molar refractivity (Wildman–Crippen MR) is 96.1 cm³/mol. The van der Waals surface area contributed by atoms with E-state index < -0.39 is 0 Å². The van der Waals surface area contributed by atoms with Gasteiger partial charge in [0, 0.05) is 12.8 Å². The number of nitrogens with one attached hydrogen (secondary N) is 1.